The van der Waals surface area contributed by atoms with E-state index < -0.39 is 8.56 Å². The van der Waals surface area contributed by atoms with Gasteiger partial charge in [-0.2, -0.15) is 0 Å². The summed E-state index contributed by atoms with van der Waals surface area (Å²) in [4.78, 5) is 4.70. The minimum absolute atomic E-state index is 0.630. The van der Waals surface area contributed by atoms with Gasteiger partial charge in [0, 0.05) is 47.3 Å². The van der Waals surface area contributed by atoms with Crippen molar-refractivity contribution in [3.05, 3.63) is 161 Å². The number of nitrogens with zero attached hydrogens (tertiary/aromatic N) is 2. The minimum atomic E-state index is -2.49. The minimum Gasteiger partial charge on any atom is -0.391 e. The lowest BCUT2D eigenvalue weighted by Crippen LogP contribution is -2.51. The number of rotatable bonds is 12. The lowest BCUT2D eigenvalue weighted by Gasteiger charge is -2.30. The zero-order chi connectivity index (χ0) is 36.1. The van der Waals surface area contributed by atoms with E-state index in [-0.39, 0.29) is 0 Å². The van der Waals surface area contributed by atoms with Crippen LogP contribution in [0.5, 0.6) is 0 Å². The maximum absolute atomic E-state index is 6.20. The molecule has 6 aromatic carbocycles. The van der Waals surface area contributed by atoms with Crippen molar-refractivity contribution in [2.45, 2.75) is 55.0 Å². The predicted molar refractivity (Wildman–Crippen MR) is 219 cm³/mol. The molecule has 0 spiro atoms. The maximum Gasteiger partial charge on any atom is 0.369 e. The smallest absolute Gasteiger partial charge is 0.369 e. The Hall–Kier alpha value is -4.94. The highest BCUT2D eigenvalue weighted by Gasteiger charge is 2.33. The van der Waals surface area contributed by atoms with Gasteiger partial charge in [0.1, 0.15) is 0 Å². The molecule has 260 valence electrons. The van der Waals surface area contributed by atoms with Gasteiger partial charge in [-0.3, -0.25) is 0 Å². The fourth-order valence-corrected chi connectivity index (χ4v) is 9.07. The molecule has 0 aliphatic rings. The third kappa shape index (κ3) is 7.86. The molecule has 4 nitrogen and oxygen atoms in total. The summed E-state index contributed by atoms with van der Waals surface area (Å²) >= 11 is 0. The summed E-state index contributed by atoms with van der Waals surface area (Å²) in [6.45, 7) is 18.3. The zero-order valence-corrected chi connectivity index (χ0v) is 32.3. The molecule has 0 aromatic heterocycles. The monoisotopic (exact) mass is 690 g/mol. The van der Waals surface area contributed by atoms with Gasteiger partial charge in [-0.1, -0.05) is 77.4 Å². The zero-order valence-electron chi connectivity index (χ0n) is 31.3. The second-order valence-corrected chi connectivity index (χ2v) is 16.6. The van der Waals surface area contributed by atoms with Crippen LogP contribution in [-0.2, 0) is 8.85 Å². The summed E-state index contributed by atoms with van der Waals surface area (Å²) < 4.78 is 12.4. The Morgan fingerprint density at radius 2 is 0.745 bits per heavy atom. The highest BCUT2D eigenvalue weighted by atomic mass is 28.4. The lowest BCUT2D eigenvalue weighted by molar-refractivity contribution is 0.202. The van der Waals surface area contributed by atoms with E-state index in [2.05, 4.69) is 184 Å². The van der Waals surface area contributed by atoms with Crippen LogP contribution in [0.1, 0.15) is 41.7 Å². The molecule has 5 heteroatoms. The first-order chi connectivity index (χ1) is 24.6. The fraction of sp³-hybridized carbons (Fsp3) is 0.217. The molecule has 0 saturated carbocycles. The van der Waals surface area contributed by atoms with E-state index in [0.29, 0.717) is 13.2 Å². The summed E-state index contributed by atoms with van der Waals surface area (Å²) in [6.07, 6.45) is 0. The van der Waals surface area contributed by atoms with Crippen LogP contribution in [0.2, 0.25) is 6.55 Å². The average Bonchev–Trinajstić information content (AvgIpc) is 3.12. The van der Waals surface area contributed by atoms with E-state index in [1.54, 1.807) is 0 Å². The van der Waals surface area contributed by atoms with Crippen molar-refractivity contribution in [1.82, 2.24) is 0 Å². The van der Waals surface area contributed by atoms with Crippen LogP contribution in [-0.4, -0.2) is 21.8 Å². The number of anilines is 6. The van der Waals surface area contributed by atoms with Crippen LogP contribution in [0, 0.1) is 34.6 Å². The second-order valence-electron chi connectivity index (χ2n) is 13.5. The summed E-state index contributed by atoms with van der Waals surface area (Å²) in [5.41, 5.74) is 15.3. The third-order valence-corrected chi connectivity index (χ3v) is 12.6. The quantitative estimate of drug-likeness (QED) is 0.119. The highest BCUT2D eigenvalue weighted by molar-refractivity contribution is 6.80. The predicted octanol–water partition coefficient (Wildman–Crippen LogP) is 12.2. The topological polar surface area (TPSA) is 24.9 Å². The normalized spacial score (nSPS) is 11.5. The third-order valence-electron chi connectivity index (χ3n) is 9.57. The molecule has 0 atom stereocenters. The summed E-state index contributed by atoms with van der Waals surface area (Å²) in [6, 6.07) is 48.7. The number of benzene rings is 6. The Balaban J connectivity index is 1.36. The van der Waals surface area contributed by atoms with Crippen molar-refractivity contribution < 1.29 is 8.85 Å². The first-order valence-electron chi connectivity index (χ1n) is 18.0. The van der Waals surface area contributed by atoms with Crippen LogP contribution in [0.4, 0.5) is 34.1 Å². The molecular formula is C46H50N2O2Si. The van der Waals surface area contributed by atoms with Crippen LogP contribution in [0.3, 0.4) is 0 Å². The van der Waals surface area contributed by atoms with Gasteiger partial charge in [0.15, 0.2) is 0 Å². The molecule has 0 radical (unpaired) electrons. The van der Waals surface area contributed by atoms with E-state index in [4.69, 9.17) is 8.85 Å². The Labute approximate surface area is 306 Å². The van der Waals surface area contributed by atoms with Crippen LogP contribution in [0.15, 0.2) is 133 Å². The van der Waals surface area contributed by atoms with Crippen molar-refractivity contribution in [1.29, 1.82) is 0 Å². The van der Waals surface area contributed by atoms with Crippen LogP contribution in [0.25, 0.3) is 11.1 Å². The van der Waals surface area contributed by atoms with Gasteiger partial charge in [-0.05, 0) is 155 Å². The Bertz CT molecular complexity index is 2020. The number of hydrogen-bond acceptors (Lipinski definition) is 4. The lowest BCUT2D eigenvalue weighted by atomic mass is 9.98. The van der Waals surface area contributed by atoms with Crippen molar-refractivity contribution >= 4 is 47.9 Å². The van der Waals surface area contributed by atoms with Crippen molar-refractivity contribution in [2.75, 3.05) is 23.0 Å². The van der Waals surface area contributed by atoms with Gasteiger partial charge < -0.3 is 18.7 Å². The Kier molecular flexibility index (Phi) is 10.9. The van der Waals surface area contributed by atoms with Crippen molar-refractivity contribution in [3.63, 3.8) is 0 Å². The molecular weight excluding hydrogens is 641 g/mol. The van der Waals surface area contributed by atoms with Gasteiger partial charge in [0.25, 0.3) is 0 Å². The molecule has 0 aliphatic carbocycles. The summed E-state index contributed by atoms with van der Waals surface area (Å²) in [5, 5.41) is 1.13. The van der Waals surface area contributed by atoms with Crippen LogP contribution >= 0.6 is 0 Å². The molecule has 51 heavy (non-hydrogen) atoms. The van der Waals surface area contributed by atoms with Gasteiger partial charge in [-0.25, -0.2) is 0 Å². The molecule has 0 unspecified atom stereocenters. The van der Waals surface area contributed by atoms with Crippen LogP contribution < -0.4 is 15.0 Å². The molecule has 0 amide bonds. The van der Waals surface area contributed by atoms with Gasteiger partial charge >= 0.3 is 8.56 Å². The van der Waals surface area contributed by atoms with Crippen molar-refractivity contribution in [2.24, 2.45) is 0 Å². The van der Waals surface area contributed by atoms with E-state index >= 15 is 0 Å². The van der Waals surface area contributed by atoms with Gasteiger partial charge in [-0.15, -0.1) is 0 Å². The molecule has 0 N–H and O–H groups in total. The molecule has 0 bridgehead atoms. The molecule has 0 saturated heterocycles. The first-order valence-corrected chi connectivity index (χ1v) is 20.3. The number of aryl methyl sites for hydroxylation is 5. The highest BCUT2D eigenvalue weighted by Crippen LogP contribution is 2.41. The van der Waals surface area contributed by atoms with E-state index in [1.165, 1.54) is 44.6 Å². The van der Waals surface area contributed by atoms with E-state index in [0.717, 1.165) is 33.6 Å². The summed E-state index contributed by atoms with van der Waals surface area (Å²) in [5.74, 6) is 0. The van der Waals surface area contributed by atoms with Crippen molar-refractivity contribution in [3.8, 4) is 11.1 Å². The largest absolute Gasteiger partial charge is 0.391 e. The number of hydrogen-bond donors (Lipinski definition) is 0. The second kappa shape index (κ2) is 15.5. The van der Waals surface area contributed by atoms with Gasteiger partial charge in [0.05, 0.1) is 0 Å². The molecule has 0 heterocycles. The molecule has 0 fully saturated rings. The molecule has 0 aliphatic heterocycles. The average molecular weight is 691 g/mol. The van der Waals surface area contributed by atoms with E-state index in [9.17, 15) is 0 Å². The fourth-order valence-electron chi connectivity index (χ4n) is 6.78. The summed E-state index contributed by atoms with van der Waals surface area (Å²) in [7, 11) is -2.49. The molecule has 6 aromatic rings. The standard InChI is InChI=1S/C46H50N2O2Si/c1-9-49-51(8,50-10-2)44-27-25-43(26-28-44)48(42-23-15-35(5)16-24-42)46-30-18-39(32-37(46)7)38-17-29-45(36(6)31-38)47(40-19-11-33(3)12-20-40)41-21-13-34(4)14-22-41/h11-32H,9-10H2,1-8H3. The van der Waals surface area contributed by atoms with E-state index in [1.807, 2.05) is 13.8 Å². The Morgan fingerprint density at radius 3 is 1.04 bits per heavy atom. The Morgan fingerprint density at radius 1 is 0.431 bits per heavy atom. The SMILES string of the molecule is CCO[Si](C)(OCC)c1ccc(N(c2ccc(C)cc2)c2ccc(-c3ccc(N(c4ccc(C)cc4)c4ccc(C)cc4)c(C)c3)cc2C)cc1. The van der Waals surface area contributed by atoms with Gasteiger partial charge in [0.2, 0.25) is 0 Å². The molecule has 6 rings (SSSR count). The maximum atomic E-state index is 6.20. The first kappa shape index (κ1) is 35.9.